The number of epoxide rings is 1. The summed E-state index contributed by atoms with van der Waals surface area (Å²) in [4.78, 5) is 0. The van der Waals surface area contributed by atoms with Gasteiger partial charge in [-0.05, 0) is 36.3 Å². The maximum atomic E-state index is 5.90. The van der Waals surface area contributed by atoms with Crippen LogP contribution < -0.4 is 4.74 Å². The summed E-state index contributed by atoms with van der Waals surface area (Å²) < 4.78 is 11.2. The minimum Gasteiger partial charge on any atom is -0.489 e. The molecule has 0 amide bonds. The molecule has 1 aliphatic heterocycles. The fourth-order valence-electron chi connectivity index (χ4n) is 2.35. The van der Waals surface area contributed by atoms with Crippen LogP contribution in [0, 0.1) is 5.92 Å². The molecular formula is C16H20O2. The standard InChI is InChI=1S/C16H20O2/c1-2-8-17-16-13(9-12-6-7-12)4-3-5-14(16)10-15-11-18-15/h2-5,12,15H,1,6-11H2. The molecule has 1 saturated heterocycles. The molecule has 18 heavy (non-hydrogen) atoms. The van der Waals surface area contributed by atoms with Crippen LogP contribution in [-0.4, -0.2) is 19.3 Å². The lowest BCUT2D eigenvalue weighted by molar-refractivity contribution is 0.350. The van der Waals surface area contributed by atoms with E-state index in [1.165, 1.54) is 24.0 Å². The summed E-state index contributed by atoms with van der Waals surface area (Å²) in [6.07, 6.45) is 7.10. The highest BCUT2D eigenvalue weighted by Crippen LogP contribution is 2.37. The number of para-hydroxylation sites is 1. The van der Waals surface area contributed by atoms with Crippen LogP contribution in [-0.2, 0) is 17.6 Å². The van der Waals surface area contributed by atoms with Crippen LogP contribution in [0.3, 0.4) is 0 Å². The fourth-order valence-corrected chi connectivity index (χ4v) is 2.35. The minimum absolute atomic E-state index is 0.409. The Morgan fingerprint density at radius 3 is 2.61 bits per heavy atom. The molecule has 2 fully saturated rings. The molecule has 1 heterocycles. The number of benzene rings is 1. The number of ether oxygens (including phenoxy) is 2. The molecule has 1 aliphatic carbocycles. The van der Waals surface area contributed by atoms with Crippen molar-refractivity contribution in [3.8, 4) is 5.75 Å². The molecule has 3 rings (SSSR count). The third-order valence-electron chi connectivity index (χ3n) is 3.58. The largest absolute Gasteiger partial charge is 0.489 e. The summed E-state index contributed by atoms with van der Waals surface area (Å²) in [6.45, 7) is 5.21. The highest BCUT2D eigenvalue weighted by Gasteiger charge is 2.27. The Morgan fingerprint density at radius 2 is 2.00 bits per heavy atom. The Kier molecular flexibility index (Phi) is 3.37. The maximum absolute atomic E-state index is 5.90. The van der Waals surface area contributed by atoms with Crippen molar-refractivity contribution in [2.45, 2.75) is 31.8 Å². The molecule has 0 bridgehead atoms. The van der Waals surface area contributed by atoms with Crippen LogP contribution in [0.2, 0.25) is 0 Å². The van der Waals surface area contributed by atoms with E-state index < -0.39 is 0 Å². The van der Waals surface area contributed by atoms with Crippen LogP contribution in [0.15, 0.2) is 30.9 Å². The molecule has 2 nitrogen and oxygen atoms in total. The van der Waals surface area contributed by atoms with Gasteiger partial charge in [-0.3, -0.25) is 0 Å². The normalized spacial score (nSPS) is 21.7. The lowest BCUT2D eigenvalue weighted by atomic mass is 10.0. The van der Waals surface area contributed by atoms with Gasteiger partial charge in [-0.1, -0.05) is 30.9 Å². The van der Waals surface area contributed by atoms with Crippen LogP contribution in [0.5, 0.6) is 5.75 Å². The predicted molar refractivity (Wildman–Crippen MR) is 72.0 cm³/mol. The molecule has 0 aromatic heterocycles. The number of hydrogen-bond donors (Lipinski definition) is 0. The number of rotatable bonds is 7. The van der Waals surface area contributed by atoms with Crippen molar-refractivity contribution in [2.75, 3.05) is 13.2 Å². The zero-order valence-corrected chi connectivity index (χ0v) is 10.7. The predicted octanol–water partition coefficient (Wildman–Crippen LogP) is 3.15. The monoisotopic (exact) mass is 244 g/mol. The maximum Gasteiger partial charge on any atom is 0.126 e. The van der Waals surface area contributed by atoms with Gasteiger partial charge in [0.15, 0.2) is 0 Å². The van der Waals surface area contributed by atoms with Crippen molar-refractivity contribution in [3.05, 3.63) is 42.0 Å². The molecule has 0 spiro atoms. The molecule has 96 valence electrons. The van der Waals surface area contributed by atoms with Gasteiger partial charge in [0.2, 0.25) is 0 Å². The first-order valence-electron chi connectivity index (χ1n) is 6.83. The highest BCUT2D eigenvalue weighted by molar-refractivity contribution is 5.43. The van der Waals surface area contributed by atoms with E-state index in [1.807, 2.05) is 6.08 Å². The Hall–Kier alpha value is -1.28. The van der Waals surface area contributed by atoms with E-state index in [0.29, 0.717) is 12.7 Å². The first-order valence-corrected chi connectivity index (χ1v) is 6.83. The van der Waals surface area contributed by atoms with Crippen molar-refractivity contribution in [2.24, 2.45) is 5.92 Å². The van der Waals surface area contributed by atoms with Gasteiger partial charge in [0.05, 0.1) is 12.7 Å². The van der Waals surface area contributed by atoms with E-state index in [-0.39, 0.29) is 0 Å². The van der Waals surface area contributed by atoms with E-state index >= 15 is 0 Å². The van der Waals surface area contributed by atoms with Crippen LogP contribution in [0.4, 0.5) is 0 Å². The molecule has 1 unspecified atom stereocenters. The van der Waals surface area contributed by atoms with Gasteiger partial charge < -0.3 is 9.47 Å². The molecule has 1 aromatic carbocycles. The lowest BCUT2D eigenvalue weighted by Crippen LogP contribution is -2.04. The Labute approximate surface area is 109 Å². The molecule has 0 radical (unpaired) electrons. The quantitative estimate of drug-likeness (QED) is 0.543. The average Bonchev–Trinajstić information content (AvgIpc) is 3.23. The van der Waals surface area contributed by atoms with E-state index in [9.17, 15) is 0 Å². The smallest absolute Gasteiger partial charge is 0.126 e. The van der Waals surface area contributed by atoms with Gasteiger partial charge in [0, 0.05) is 6.42 Å². The van der Waals surface area contributed by atoms with Gasteiger partial charge >= 0.3 is 0 Å². The Balaban J connectivity index is 1.81. The summed E-state index contributed by atoms with van der Waals surface area (Å²) in [5.74, 6) is 1.96. The molecule has 1 atom stereocenters. The minimum atomic E-state index is 0.409. The highest BCUT2D eigenvalue weighted by atomic mass is 16.6. The SMILES string of the molecule is C=CCOc1c(CC2CC2)cccc1CC1CO1. The lowest BCUT2D eigenvalue weighted by Gasteiger charge is -2.14. The second-order valence-electron chi connectivity index (χ2n) is 5.31. The van der Waals surface area contributed by atoms with Crippen molar-refractivity contribution >= 4 is 0 Å². The number of hydrogen-bond acceptors (Lipinski definition) is 2. The van der Waals surface area contributed by atoms with Crippen molar-refractivity contribution in [1.82, 2.24) is 0 Å². The first kappa shape index (κ1) is 11.8. The van der Waals surface area contributed by atoms with Gasteiger partial charge in [-0.15, -0.1) is 0 Å². The molecule has 1 saturated carbocycles. The average molecular weight is 244 g/mol. The molecule has 2 aliphatic rings. The zero-order valence-electron chi connectivity index (χ0n) is 10.7. The van der Waals surface area contributed by atoms with Crippen molar-refractivity contribution in [1.29, 1.82) is 0 Å². The van der Waals surface area contributed by atoms with E-state index in [0.717, 1.165) is 31.1 Å². The van der Waals surface area contributed by atoms with Gasteiger partial charge in [0.1, 0.15) is 12.4 Å². The third-order valence-corrected chi connectivity index (χ3v) is 3.58. The summed E-state index contributed by atoms with van der Waals surface area (Å²) in [5.41, 5.74) is 2.65. The summed E-state index contributed by atoms with van der Waals surface area (Å²) in [5, 5.41) is 0. The second-order valence-corrected chi connectivity index (χ2v) is 5.31. The summed E-state index contributed by atoms with van der Waals surface area (Å²) in [7, 11) is 0. The van der Waals surface area contributed by atoms with E-state index in [1.54, 1.807) is 0 Å². The van der Waals surface area contributed by atoms with Gasteiger partial charge in [-0.25, -0.2) is 0 Å². The van der Waals surface area contributed by atoms with Crippen LogP contribution in [0.1, 0.15) is 24.0 Å². The zero-order chi connectivity index (χ0) is 12.4. The van der Waals surface area contributed by atoms with Crippen molar-refractivity contribution in [3.63, 3.8) is 0 Å². The van der Waals surface area contributed by atoms with Gasteiger partial charge in [-0.2, -0.15) is 0 Å². The van der Waals surface area contributed by atoms with E-state index in [2.05, 4.69) is 24.8 Å². The van der Waals surface area contributed by atoms with Crippen LogP contribution >= 0.6 is 0 Å². The molecule has 1 aromatic rings. The second kappa shape index (κ2) is 5.15. The topological polar surface area (TPSA) is 21.8 Å². The Bertz CT molecular complexity index is 398. The molecule has 0 N–H and O–H groups in total. The fraction of sp³-hybridized carbons (Fsp3) is 0.500. The summed E-state index contributed by atoms with van der Waals surface area (Å²) in [6, 6.07) is 6.51. The molecular weight excluding hydrogens is 224 g/mol. The van der Waals surface area contributed by atoms with E-state index in [4.69, 9.17) is 9.47 Å². The van der Waals surface area contributed by atoms with Crippen molar-refractivity contribution < 1.29 is 9.47 Å². The summed E-state index contributed by atoms with van der Waals surface area (Å²) >= 11 is 0. The first-order chi connectivity index (χ1) is 8.86. The van der Waals surface area contributed by atoms with Gasteiger partial charge in [0.25, 0.3) is 0 Å². The Morgan fingerprint density at radius 1 is 1.28 bits per heavy atom. The molecule has 2 heteroatoms. The van der Waals surface area contributed by atoms with Crippen LogP contribution in [0.25, 0.3) is 0 Å². The third kappa shape index (κ3) is 2.94.